The summed E-state index contributed by atoms with van der Waals surface area (Å²) in [5.41, 5.74) is 1.15. The number of hydrogen-bond acceptors (Lipinski definition) is 3. The van der Waals surface area contributed by atoms with Gasteiger partial charge in [-0.15, -0.1) is 0 Å². The lowest BCUT2D eigenvalue weighted by Crippen LogP contribution is -2.18. The number of anilines is 2. The lowest BCUT2D eigenvalue weighted by molar-refractivity contribution is -0.112. The van der Waals surface area contributed by atoms with Crippen LogP contribution in [0.5, 0.6) is 0 Å². The minimum atomic E-state index is -0.634. The Balaban J connectivity index is 1.80. The molecule has 138 valence electrons. The van der Waals surface area contributed by atoms with E-state index in [1.165, 1.54) is 18.2 Å². The second-order valence-corrected chi connectivity index (χ2v) is 7.00. The van der Waals surface area contributed by atoms with Crippen LogP contribution in [0.1, 0.15) is 18.4 Å². The van der Waals surface area contributed by atoms with Crippen LogP contribution in [0.15, 0.2) is 42.0 Å². The monoisotopic (exact) mass is 403 g/mol. The number of halogens is 3. The van der Waals surface area contributed by atoms with Gasteiger partial charge in [-0.2, -0.15) is 5.26 Å². The Labute approximate surface area is 166 Å². The quantitative estimate of drug-likeness (QED) is 0.557. The molecule has 0 saturated carbocycles. The zero-order chi connectivity index (χ0) is 19.4. The molecule has 1 fully saturated rings. The molecular formula is C20H16Cl2FN3O. The Morgan fingerprint density at radius 2 is 1.93 bits per heavy atom. The molecular weight excluding hydrogens is 388 g/mol. The fourth-order valence-electron chi connectivity index (χ4n) is 2.92. The van der Waals surface area contributed by atoms with Gasteiger partial charge in [-0.05, 0) is 54.8 Å². The summed E-state index contributed by atoms with van der Waals surface area (Å²) >= 11 is 11.9. The molecule has 1 saturated heterocycles. The normalized spacial score (nSPS) is 14.1. The molecule has 1 amide bonds. The van der Waals surface area contributed by atoms with Crippen molar-refractivity contribution in [1.82, 2.24) is 0 Å². The molecule has 0 atom stereocenters. The molecule has 27 heavy (non-hydrogen) atoms. The fourth-order valence-corrected chi connectivity index (χ4v) is 3.38. The molecule has 2 aromatic rings. The van der Waals surface area contributed by atoms with Gasteiger partial charge < -0.3 is 10.2 Å². The second kappa shape index (κ2) is 8.43. The van der Waals surface area contributed by atoms with Gasteiger partial charge in [-0.25, -0.2) is 4.39 Å². The highest BCUT2D eigenvalue weighted by atomic mass is 35.5. The smallest absolute Gasteiger partial charge is 0.266 e. The molecule has 0 aliphatic carbocycles. The highest BCUT2D eigenvalue weighted by Gasteiger charge is 2.17. The topological polar surface area (TPSA) is 56.1 Å². The standard InChI is InChI=1S/C20H16Cl2FN3O/c21-15-4-5-18(16(22)11-15)25-20(27)14(12-24)9-13-3-6-19(17(23)10-13)26-7-1-2-8-26/h3-6,9-11H,1-2,7-8H2,(H,25,27)/b14-9-. The predicted molar refractivity (Wildman–Crippen MR) is 107 cm³/mol. The van der Waals surface area contributed by atoms with Crippen molar-refractivity contribution in [2.24, 2.45) is 0 Å². The Bertz CT molecular complexity index is 947. The Kier molecular flexibility index (Phi) is 6.00. The number of benzene rings is 2. The lowest BCUT2D eigenvalue weighted by atomic mass is 10.1. The van der Waals surface area contributed by atoms with Crippen molar-refractivity contribution in [2.75, 3.05) is 23.3 Å². The van der Waals surface area contributed by atoms with E-state index in [9.17, 15) is 14.4 Å². The number of rotatable bonds is 4. The van der Waals surface area contributed by atoms with Crippen LogP contribution in [-0.4, -0.2) is 19.0 Å². The molecule has 0 bridgehead atoms. The maximum absolute atomic E-state index is 14.4. The summed E-state index contributed by atoms with van der Waals surface area (Å²) in [6.07, 6.45) is 3.44. The first-order valence-corrected chi connectivity index (χ1v) is 9.16. The number of amides is 1. The van der Waals surface area contributed by atoms with E-state index in [0.717, 1.165) is 25.9 Å². The van der Waals surface area contributed by atoms with Crippen LogP contribution < -0.4 is 10.2 Å². The van der Waals surface area contributed by atoms with E-state index in [1.807, 2.05) is 11.0 Å². The van der Waals surface area contributed by atoms with Crippen LogP contribution in [0.2, 0.25) is 10.0 Å². The van der Waals surface area contributed by atoms with Crippen molar-refractivity contribution in [2.45, 2.75) is 12.8 Å². The third-order valence-electron chi connectivity index (χ3n) is 4.27. The Morgan fingerprint density at radius 1 is 1.19 bits per heavy atom. The van der Waals surface area contributed by atoms with E-state index >= 15 is 0 Å². The Hall–Kier alpha value is -2.55. The maximum Gasteiger partial charge on any atom is 0.266 e. The van der Waals surface area contributed by atoms with Gasteiger partial charge >= 0.3 is 0 Å². The van der Waals surface area contributed by atoms with Crippen LogP contribution in [-0.2, 0) is 4.79 Å². The van der Waals surface area contributed by atoms with Gasteiger partial charge in [0.15, 0.2) is 0 Å². The van der Waals surface area contributed by atoms with E-state index in [1.54, 1.807) is 24.3 Å². The highest BCUT2D eigenvalue weighted by molar-refractivity contribution is 6.36. The highest BCUT2D eigenvalue weighted by Crippen LogP contribution is 2.27. The van der Waals surface area contributed by atoms with Crippen LogP contribution in [0.3, 0.4) is 0 Å². The molecule has 1 heterocycles. The zero-order valence-corrected chi connectivity index (χ0v) is 15.8. The minimum Gasteiger partial charge on any atom is -0.369 e. The van der Waals surface area contributed by atoms with Gasteiger partial charge in [-0.1, -0.05) is 29.3 Å². The number of nitriles is 1. The summed E-state index contributed by atoms with van der Waals surface area (Å²) in [4.78, 5) is 14.3. The molecule has 1 aliphatic heterocycles. The fraction of sp³-hybridized carbons (Fsp3) is 0.200. The minimum absolute atomic E-state index is 0.158. The molecule has 1 aliphatic rings. The first kappa shape index (κ1) is 19.2. The third kappa shape index (κ3) is 4.60. The van der Waals surface area contributed by atoms with Crippen LogP contribution in [0.25, 0.3) is 6.08 Å². The number of nitrogens with zero attached hydrogens (tertiary/aromatic N) is 2. The summed E-state index contributed by atoms with van der Waals surface area (Å²) < 4.78 is 14.4. The van der Waals surface area contributed by atoms with Gasteiger partial charge in [0.25, 0.3) is 5.91 Å². The summed E-state index contributed by atoms with van der Waals surface area (Å²) in [6, 6.07) is 11.1. The first-order chi connectivity index (χ1) is 13.0. The van der Waals surface area contributed by atoms with E-state index in [-0.39, 0.29) is 16.4 Å². The summed E-state index contributed by atoms with van der Waals surface area (Å²) in [7, 11) is 0. The molecule has 0 radical (unpaired) electrons. The first-order valence-electron chi connectivity index (χ1n) is 8.40. The Morgan fingerprint density at radius 3 is 2.56 bits per heavy atom. The van der Waals surface area contributed by atoms with E-state index in [2.05, 4.69) is 5.32 Å². The van der Waals surface area contributed by atoms with Gasteiger partial charge in [0.1, 0.15) is 17.5 Å². The number of hydrogen-bond donors (Lipinski definition) is 1. The van der Waals surface area contributed by atoms with E-state index in [0.29, 0.717) is 22.0 Å². The van der Waals surface area contributed by atoms with Crippen molar-refractivity contribution in [1.29, 1.82) is 5.26 Å². The van der Waals surface area contributed by atoms with E-state index < -0.39 is 5.91 Å². The molecule has 1 N–H and O–H groups in total. The van der Waals surface area contributed by atoms with Gasteiger partial charge in [0, 0.05) is 18.1 Å². The van der Waals surface area contributed by atoms with Gasteiger partial charge in [-0.3, -0.25) is 4.79 Å². The molecule has 2 aromatic carbocycles. The van der Waals surface area contributed by atoms with E-state index in [4.69, 9.17) is 23.2 Å². The number of nitrogens with one attached hydrogen (secondary N) is 1. The van der Waals surface area contributed by atoms with Gasteiger partial charge in [0.05, 0.1) is 16.4 Å². The molecule has 7 heteroatoms. The van der Waals surface area contributed by atoms with Crippen molar-refractivity contribution < 1.29 is 9.18 Å². The molecule has 0 unspecified atom stereocenters. The predicted octanol–water partition coefficient (Wildman–Crippen LogP) is 5.28. The van der Waals surface area contributed by atoms with Crippen molar-refractivity contribution >= 4 is 46.6 Å². The SMILES string of the molecule is N#C/C(=C/c1ccc(N2CCCC2)c(F)c1)C(=O)Nc1ccc(Cl)cc1Cl. The zero-order valence-electron chi connectivity index (χ0n) is 14.3. The van der Waals surface area contributed by atoms with Crippen LogP contribution >= 0.6 is 23.2 Å². The van der Waals surface area contributed by atoms with Crippen molar-refractivity contribution in [3.63, 3.8) is 0 Å². The van der Waals surface area contributed by atoms with Crippen LogP contribution in [0.4, 0.5) is 15.8 Å². The largest absolute Gasteiger partial charge is 0.369 e. The maximum atomic E-state index is 14.4. The average Bonchev–Trinajstić information content (AvgIpc) is 3.16. The second-order valence-electron chi connectivity index (χ2n) is 6.15. The van der Waals surface area contributed by atoms with Gasteiger partial charge in [0.2, 0.25) is 0 Å². The molecule has 0 spiro atoms. The molecule has 4 nitrogen and oxygen atoms in total. The lowest BCUT2D eigenvalue weighted by Gasteiger charge is -2.18. The van der Waals surface area contributed by atoms with Crippen molar-refractivity contribution in [3.05, 3.63) is 63.4 Å². The third-order valence-corrected chi connectivity index (χ3v) is 4.82. The number of carbonyl (C=O) groups is 1. The number of carbonyl (C=O) groups excluding carboxylic acids is 1. The average molecular weight is 404 g/mol. The summed E-state index contributed by atoms with van der Waals surface area (Å²) in [5, 5.41) is 12.6. The van der Waals surface area contributed by atoms with Crippen molar-refractivity contribution in [3.8, 4) is 6.07 Å². The summed E-state index contributed by atoms with van der Waals surface area (Å²) in [5.74, 6) is -1.00. The van der Waals surface area contributed by atoms with Crippen LogP contribution in [0, 0.1) is 17.1 Å². The summed E-state index contributed by atoms with van der Waals surface area (Å²) in [6.45, 7) is 1.67. The molecule has 0 aromatic heterocycles. The molecule has 3 rings (SSSR count).